The summed E-state index contributed by atoms with van der Waals surface area (Å²) in [7, 11) is 0. The molecule has 2 aromatic carbocycles. The first-order valence-electron chi connectivity index (χ1n) is 9.24. The van der Waals surface area contributed by atoms with E-state index in [1.807, 2.05) is 68.4 Å². The van der Waals surface area contributed by atoms with E-state index in [0.29, 0.717) is 16.9 Å². The molecule has 2 heterocycles. The smallest absolute Gasteiger partial charge is 0.292 e. The number of hydrogen-bond donors (Lipinski definition) is 2. The normalized spacial score (nSPS) is 10.7. The summed E-state index contributed by atoms with van der Waals surface area (Å²) in [5, 5.41) is 5.69. The van der Waals surface area contributed by atoms with Crippen LogP contribution in [0.4, 0.5) is 11.4 Å². The van der Waals surface area contributed by atoms with Crippen LogP contribution in [0.5, 0.6) is 0 Å². The number of pyridine rings is 1. The molecule has 4 aromatic rings. The average molecular weight is 384 g/mol. The van der Waals surface area contributed by atoms with Crippen molar-refractivity contribution in [1.82, 2.24) is 9.38 Å². The number of carbonyl (C=O) groups is 2. The zero-order valence-corrected chi connectivity index (χ0v) is 16.1. The van der Waals surface area contributed by atoms with Crippen LogP contribution in [0.3, 0.4) is 0 Å². The maximum Gasteiger partial charge on any atom is 0.292 e. The lowest BCUT2D eigenvalue weighted by atomic mass is 10.2. The summed E-state index contributed by atoms with van der Waals surface area (Å²) in [5.41, 5.74) is 4.24. The lowest BCUT2D eigenvalue weighted by Crippen LogP contribution is -2.16. The van der Waals surface area contributed by atoms with Gasteiger partial charge in [-0.2, -0.15) is 0 Å². The molecule has 2 N–H and O–H groups in total. The third-order valence-corrected chi connectivity index (χ3v) is 4.55. The molecule has 0 saturated heterocycles. The van der Waals surface area contributed by atoms with Crippen molar-refractivity contribution in [2.45, 2.75) is 13.8 Å². The second-order valence-corrected chi connectivity index (χ2v) is 6.88. The minimum Gasteiger partial charge on any atom is -0.321 e. The predicted molar refractivity (Wildman–Crippen MR) is 113 cm³/mol. The molecule has 0 radical (unpaired) electrons. The number of anilines is 2. The van der Waals surface area contributed by atoms with Crippen LogP contribution in [0.15, 0.2) is 72.9 Å². The van der Waals surface area contributed by atoms with Crippen molar-refractivity contribution in [3.05, 3.63) is 95.6 Å². The Hall–Kier alpha value is -3.93. The molecule has 0 aliphatic rings. The molecule has 6 heteroatoms. The molecule has 29 heavy (non-hydrogen) atoms. The maximum absolute atomic E-state index is 12.9. The number of fused-ring (bicyclic) bond motifs is 1. The molecule has 2 aromatic heterocycles. The quantitative estimate of drug-likeness (QED) is 0.546. The summed E-state index contributed by atoms with van der Waals surface area (Å²) >= 11 is 0. The standard InChI is InChI=1S/C23H20N4O2/c1-15-9-11-17(12-10-15)24-23(29)21-26-20(19-8-3-4-13-27(19)21)22(28)25-18-7-5-6-16(2)14-18/h3-14H,1-2H3,(H,24,29)(H,25,28). The number of imidazole rings is 1. The Kier molecular flexibility index (Phi) is 4.83. The molecule has 144 valence electrons. The highest BCUT2D eigenvalue weighted by Crippen LogP contribution is 2.18. The number of rotatable bonds is 4. The third kappa shape index (κ3) is 3.87. The van der Waals surface area contributed by atoms with E-state index < -0.39 is 0 Å². The zero-order chi connectivity index (χ0) is 20.4. The van der Waals surface area contributed by atoms with Crippen LogP contribution in [-0.4, -0.2) is 21.2 Å². The molecular weight excluding hydrogens is 364 g/mol. The Morgan fingerprint density at radius 3 is 2.31 bits per heavy atom. The van der Waals surface area contributed by atoms with Crippen molar-refractivity contribution in [2.75, 3.05) is 10.6 Å². The molecule has 4 rings (SSSR count). The van der Waals surface area contributed by atoms with Crippen LogP contribution in [-0.2, 0) is 0 Å². The molecule has 0 unspecified atom stereocenters. The number of nitrogens with one attached hydrogen (secondary N) is 2. The highest BCUT2D eigenvalue weighted by Gasteiger charge is 2.21. The van der Waals surface area contributed by atoms with Crippen molar-refractivity contribution in [3.63, 3.8) is 0 Å². The van der Waals surface area contributed by atoms with Gasteiger partial charge in [-0.15, -0.1) is 0 Å². The molecule has 0 atom stereocenters. The van der Waals surface area contributed by atoms with E-state index in [9.17, 15) is 9.59 Å². The van der Waals surface area contributed by atoms with Crippen molar-refractivity contribution in [3.8, 4) is 0 Å². The van der Waals surface area contributed by atoms with E-state index in [-0.39, 0.29) is 23.3 Å². The Bertz CT molecular complexity index is 1210. The number of carbonyl (C=O) groups excluding carboxylic acids is 2. The molecular formula is C23H20N4O2. The van der Waals surface area contributed by atoms with Gasteiger partial charge in [-0.1, -0.05) is 35.9 Å². The number of nitrogens with zero attached hydrogens (tertiary/aromatic N) is 2. The minimum absolute atomic E-state index is 0.149. The van der Waals surface area contributed by atoms with E-state index in [1.54, 1.807) is 22.7 Å². The summed E-state index contributed by atoms with van der Waals surface area (Å²) in [6.07, 6.45) is 1.72. The third-order valence-electron chi connectivity index (χ3n) is 4.55. The summed E-state index contributed by atoms with van der Waals surface area (Å²) in [5.74, 6) is -0.603. The van der Waals surface area contributed by atoms with Crippen molar-refractivity contribution in [2.24, 2.45) is 0 Å². The second-order valence-electron chi connectivity index (χ2n) is 6.88. The number of aryl methyl sites for hydroxylation is 2. The number of benzene rings is 2. The molecule has 0 aliphatic carbocycles. The average Bonchev–Trinajstić information content (AvgIpc) is 3.10. The van der Waals surface area contributed by atoms with Gasteiger partial charge in [0.15, 0.2) is 5.69 Å². The summed E-state index contributed by atoms with van der Waals surface area (Å²) in [4.78, 5) is 30.0. The van der Waals surface area contributed by atoms with Gasteiger partial charge in [0.05, 0.1) is 5.52 Å². The Balaban J connectivity index is 1.66. The number of aromatic nitrogens is 2. The molecule has 0 saturated carbocycles. The first-order chi connectivity index (χ1) is 14.0. The Morgan fingerprint density at radius 1 is 0.793 bits per heavy atom. The molecule has 0 spiro atoms. The fourth-order valence-electron chi connectivity index (χ4n) is 3.10. The first kappa shape index (κ1) is 18.4. The fourth-order valence-corrected chi connectivity index (χ4v) is 3.10. The van der Waals surface area contributed by atoms with Crippen LogP contribution < -0.4 is 10.6 Å². The zero-order valence-electron chi connectivity index (χ0n) is 16.1. The Labute approximate surface area is 168 Å². The van der Waals surface area contributed by atoms with Crippen LogP contribution in [0, 0.1) is 13.8 Å². The molecule has 0 aliphatic heterocycles. The van der Waals surface area contributed by atoms with E-state index in [0.717, 1.165) is 11.1 Å². The van der Waals surface area contributed by atoms with Gasteiger partial charge in [0.2, 0.25) is 5.82 Å². The van der Waals surface area contributed by atoms with Crippen LogP contribution in [0.1, 0.15) is 32.2 Å². The van der Waals surface area contributed by atoms with E-state index in [4.69, 9.17) is 0 Å². The maximum atomic E-state index is 12.9. The monoisotopic (exact) mass is 384 g/mol. The van der Waals surface area contributed by atoms with Crippen LogP contribution in [0.2, 0.25) is 0 Å². The van der Waals surface area contributed by atoms with Gasteiger partial charge in [-0.3, -0.25) is 14.0 Å². The molecule has 2 amide bonds. The van der Waals surface area contributed by atoms with Crippen molar-refractivity contribution >= 4 is 28.7 Å². The molecule has 6 nitrogen and oxygen atoms in total. The Morgan fingerprint density at radius 2 is 1.55 bits per heavy atom. The van der Waals surface area contributed by atoms with Crippen LogP contribution >= 0.6 is 0 Å². The van der Waals surface area contributed by atoms with Crippen LogP contribution in [0.25, 0.3) is 5.52 Å². The lowest BCUT2D eigenvalue weighted by Gasteiger charge is -2.04. The predicted octanol–water partition coefficient (Wildman–Crippen LogP) is 4.46. The molecule has 0 fully saturated rings. The lowest BCUT2D eigenvalue weighted by molar-refractivity contribution is 0.101. The van der Waals surface area contributed by atoms with Gasteiger partial charge in [0.25, 0.3) is 11.8 Å². The summed E-state index contributed by atoms with van der Waals surface area (Å²) in [6.45, 7) is 3.93. The highest BCUT2D eigenvalue weighted by molar-refractivity contribution is 6.10. The van der Waals surface area contributed by atoms with Crippen molar-refractivity contribution in [1.29, 1.82) is 0 Å². The minimum atomic E-state index is -0.385. The fraction of sp³-hybridized carbons (Fsp3) is 0.0870. The van der Waals surface area contributed by atoms with Crippen molar-refractivity contribution < 1.29 is 9.59 Å². The van der Waals surface area contributed by atoms with E-state index in [1.165, 1.54) is 0 Å². The van der Waals surface area contributed by atoms with Gasteiger partial charge in [0, 0.05) is 17.6 Å². The van der Waals surface area contributed by atoms with E-state index >= 15 is 0 Å². The van der Waals surface area contributed by atoms with Gasteiger partial charge in [-0.25, -0.2) is 4.98 Å². The number of hydrogen-bond acceptors (Lipinski definition) is 3. The largest absolute Gasteiger partial charge is 0.321 e. The second kappa shape index (κ2) is 7.59. The summed E-state index contributed by atoms with van der Waals surface area (Å²) in [6, 6.07) is 20.4. The van der Waals surface area contributed by atoms with E-state index in [2.05, 4.69) is 15.6 Å². The SMILES string of the molecule is Cc1ccc(NC(=O)c2nc(C(=O)Nc3cccc(C)c3)c3ccccn23)cc1. The van der Waals surface area contributed by atoms with Gasteiger partial charge in [-0.05, 0) is 55.8 Å². The van der Waals surface area contributed by atoms with Gasteiger partial charge >= 0.3 is 0 Å². The summed E-state index contributed by atoms with van der Waals surface area (Å²) < 4.78 is 1.62. The highest BCUT2D eigenvalue weighted by atomic mass is 16.2. The van der Waals surface area contributed by atoms with Gasteiger partial charge in [0.1, 0.15) is 0 Å². The number of amides is 2. The molecule has 0 bridgehead atoms. The van der Waals surface area contributed by atoms with Gasteiger partial charge < -0.3 is 10.6 Å². The first-order valence-corrected chi connectivity index (χ1v) is 9.24. The topological polar surface area (TPSA) is 75.5 Å².